The Hall–Kier alpha value is -3.37. The predicted molar refractivity (Wildman–Crippen MR) is 138 cm³/mol. The van der Waals surface area contributed by atoms with Crippen molar-refractivity contribution >= 4 is 33.1 Å². The van der Waals surface area contributed by atoms with Crippen LogP contribution in [0.5, 0.6) is 0 Å². The number of aromatic nitrogens is 3. The molecule has 2 aromatic heterocycles. The summed E-state index contributed by atoms with van der Waals surface area (Å²) in [5.74, 6) is -1.08. The second-order valence-corrected chi connectivity index (χ2v) is 12.0. The largest absolute Gasteiger partial charge is 0.748 e. The summed E-state index contributed by atoms with van der Waals surface area (Å²) in [6, 6.07) is 7.25. The Morgan fingerprint density at radius 1 is 1.15 bits per heavy atom. The molecule has 1 amide bonds. The summed E-state index contributed by atoms with van der Waals surface area (Å²) in [4.78, 5) is 24.5. The van der Waals surface area contributed by atoms with E-state index >= 15 is 0 Å². The minimum atomic E-state index is -4.48. The highest BCUT2D eigenvalue weighted by molar-refractivity contribution is 7.84. The summed E-state index contributed by atoms with van der Waals surface area (Å²) in [5.41, 5.74) is 0.611. The number of amides is 1. The van der Waals surface area contributed by atoms with Gasteiger partial charge in [-0.25, -0.2) is 31.0 Å². The first-order valence-electron chi connectivity index (χ1n) is 12.6. The third kappa shape index (κ3) is 6.76. The average molecular weight is 615 g/mol. The van der Waals surface area contributed by atoms with Gasteiger partial charge in [0.25, 0.3) is 12.9 Å². The number of carbonyl (C=O) groups excluding carboxylic acids is 1. The van der Waals surface area contributed by atoms with Crippen molar-refractivity contribution in [3.05, 3.63) is 68.9 Å². The number of likely N-dealkylation sites (tertiary alicyclic amines) is 1. The number of carbonyl (C=O) groups is 1. The van der Waals surface area contributed by atoms with Gasteiger partial charge in [0.2, 0.25) is 5.91 Å². The second kappa shape index (κ2) is 11.9. The van der Waals surface area contributed by atoms with Crippen LogP contribution in [-0.2, 0) is 32.0 Å². The van der Waals surface area contributed by atoms with Crippen LogP contribution < -0.4 is 0 Å². The molecule has 0 spiro atoms. The number of oxime groups is 1. The summed E-state index contributed by atoms with van der Waals surface area (Å²) in [5, 5.41) is 10.3. The number of hydrogen-bond donors (Lipinski definition) is 0. The Kier molecular flexibility index (Phi) is 8.42. The van der Waals surface area contributed by atoms with Gasteiger partial charge >= 0.3 is 0 Å². The SMILES string of the molecule is O=C(Cn1nc(C(F)F)cc1C(F)F)N1CCC(c2nc(C3=NO[C@@H](c4ccccc4CS(=O)(=O)[O-])C3)cs2)CC1. The Balaban J connectivity index is 1.18. The van der Waals surface area contributed by atoms with E-state index in [-0.39, 0.29) is 5.92 Å². The van der Waals surface area contributed by atoms with Gasteiger partial charge in [0.05, 0.1) is 26.6 Å². The zero-order valence-corrected chi connectivity index (χ0v) is 23.0. The summed E-state index contributed by atoms with van der Waals surface area (Å²) >= 11 is 1.43. The van der Waals surface area contributed by atoms with Crippen LogP contribution in [0.1, 0.15) is 77.4 Å². The first-order valence-corrected chi connectivity index (χ1v) is 15.1. The van der Waals surface area contributed by atoms with E-state index in [0.717, 1.165) is 5.01 Å². The third-order valence-electron chi connectivity index (χ3n) is 6.98. The molecule has 16 heteroatoms. The van der Waals surface area contributed by atoms with Gasteiger partial charge in [0.15, 0.2) is 6.10 Å². The molecular weight excluding hydrogens is 590 g/mol. The fourth-order valence-corrected chi connectivity index (χ4v) is 6.58. The summed E-state index contributed by atoms with van der Waals surface area (Å²) in [7, 11) is -4.48. The van der Waals surface area contributed by atoms with E-state index < -0.39 is 58.7 Å². The number of halogens is 4. The molecule has 1 aromatic carbocycles. The van der Waals surface area contributed by atoms with Crippen molar-refractivity contribution in [3.8, 4) is 0 Å². The molecule has 0 unspecified atom stereocenters. The topological polar surface area (TPSA) is 130 Å². The average Bonchev–Trinajstić information content (AvgIpc) is 3.68. The van der Waals surface area contributed by atoms with Crippen LogP contribution in [0.3, 0.4) is 0 Å². The molecule has 0 radical (unpaired) electrons. The molecule has 0 N–H and O–H groups in total. The van der Waals surface area contributed by atoms with Crippen LogP contribution in [0.2, 0.25) is 0 Å². The highest BCUT2D eigenvalue weighted by atomic mass is 32.2. The van der Waals surface area contributed by atoms with Gasteiger partial charge in [-0.15, -0.1) is 11.3 Å². The molecule has 4 heterocycles. The van der Waals surface area contributed by atoms with Crippen LogP contribution in [0.4, 0.5) is 17.6 Å². The van der Waals surface area contributed by atoms with Crippen molar-refractivity contribution in [1.29, 1.82) is 0 Å². The van der Waals surface area contributed by atoms with Crippen molar-refractivity contribution in [2.75, 3.05) is 13.1 Å². The quantitative estimate of drug-likeness (QED) is 0.256. The molecule has 10 nitrogen and oxygen atoms in total. The lowest BCUT2D eigenvalue weighted by Crippen LogP contribution is -2.40. The summed E-state index contributed by atoms with van der Waals surface area (Å²) in [6.07, 6.45) is -5.13. The lowest BCUT2D eigenvalue weighted by Gasteiger charge is -2.31. The number of alkyl halides is 4. The number of rotatable bonds is 9. The van der Waals surface area contributed by atoms with E-state index in [9.17, 15) is 35.3 Å². The van der Waals surface area contributed by atoms with E-state index in [2.05, 4.69) is 10.3 Å². The first-order chi connectivity index (χ1) is 19.5. The number of hydrogen-bond acceptors (Lipinski definition) is 9. The molecule has 1 saturated heterocycles. The molecule has 0 saturated carbocycles. The number of benzene rings is 1. The van der Waals surface area contributed by atoms with Gasteiger partial charge in [0, 0.05) is 30.8 Å². The molecule has 0 aliphatic carbocycles. The smallest absolute Gasteiger partial charge is 0.282 e. The maximum Gasteiger partial charge on any atom is 0.282 e. The van der Waals surface area contributed by atoms with Crippen molar-refractivity contribution in [1.82, 2.24) is 19.7 Å². The molecule has 2 aliphatic heterocycles. The minimum absolute atomic E-state index is 0.0475. The fourth-order valence-electron chi connectivity index (χ4n) is 4.94. The first kappa shape index (κ1) is 29.1. The van der Waals surface area contributed by atoms with E-state index in [1.54, 1.807) is 24.3 Å². The molecular formula is C25H24F4N5O5S2-. The Bertz CT molecular complexity index is 1550. The Labute approximate surface area is 236 Å². The molecule has 1 atom stereocenters. The molecule has 5 rings (SSSR count). The van der Waals surface area contributed by atoms with Crippen molar-refractivity contribution < 1.29 is 40.2 Å². The van der Waals surface area contributed by atoms with Crippen molar-refractivity contribution in [2.24, 2.45) is 5.16 Å². The highest BCUT2D eigenvalue weighted by Crippen LogP contribution is 2.35. The van der Waals surface area contributed by atoms with E-state index in [1.807, 2.05) is 5.38 Å². The zero-order valence-electron chi connectivity index (χ0n) is 21.3. The van der Waals surface area contributed by atoms with Gasteiger partial charge in [-0.05, 0) is 30.0 Å². The van der Waals surface area contributed by atoms with Crippen LogP contribution in [-0.4, -0.2) is 57.3 Å². The molecule has 3 aromatic rings. The van der Waals surface area contributed by atoms with Crippen molar-refractivity contribution in [3.63, 3.8) is 0 Å². The van der Waals surface area contributed by atoms with E-state index in [1.165, 1.54) is 16.2 Å². The van der Waals surface area contributed by atoms with Crippen LogP contribution >= 0.6 is 11.3 Å². The predicted octanol–water partition coefficient (Wildman–Crippen LogP) is 4.53. The maximum atomic E-state index is 13.2. The molecule has 2 aliphatic rings. The minimum Gasteiger partial charge on any atom is -0.748 e. The van der Waals surface area contributed by atoms with Gasteiger partial charge < -0.3 is 14.3 Å². The molecule has 1 fully saturated rings. The van der Waals surface area contributed by atoms with Crippen LogP contribution in [0.15, 0.2) is 40.9 Å². The third-order valence-corrected chi connectivity index (χ3v) is 8.65. The highest BCUT2D eigenvalue weighted by Gasteiger charge is 2.31. The van der Waals surface area contributed by atoms with E-state index in [4.69, 9.17) is 9.82 Å². The van der Waals surface area contributed by atoms with E-state index in [0.29, 0.717) is 65.6 Å². The standard InChI is InChI=1S/C25H25F4N5O5S2/c26-23(27)18-9-20(24(28)29)34(31-18)11-22(35)33-7-5-14(6-8-33)25-30-19(12-40-25)17-10-21(39-32-17)16-4-2-1-3-15(16)13-41(36,37)38/h1-4,9,12,14,21,23-24H,5-8,10-11,13H2,(H,36,37,38)/p-1/t21-/m1/s1. The normalized spacial score (nSPS) is 18.3. The summed E-state index contributed by atoms with van der Waals surface area (Å²) in [6.45, 7) is 0.136. The van der Waals surface area contributed by atoms with Crippen LogP contribution in [0.25, 0.3) is 0 Å². The van der Waals surface area contributed by atoms with Gasteiger partial charge in [-0.1, -0.05) is 29.4 Å². The molecule has 0 bridgehead atoms. The lowest BCUT2D eigenvalue weighted by atomic mass is 9.97. The maximum absolute atomic E-state index is 13.2. The number of thiazole rings is 1. The zero-order chi connectivity index (χ0) is 29.3. The monoisotopic (exact) mass is 614 g/mol. The van der Waals surface area contributed by atoms with Gasteiger partial charge in [-0.3, -0.25) is 9.48 Å². The van der Waals surface area contributed by atoms with Gasteiger partial charge in [0.1, 0.15) is 23.6 Å². The van der Waals surface area contributed by atoms with Gasteiger partial charge in [-0.2, -0.15) is 5.10 Å². The fraction of sp³-hybridized carbons (Fsp3) is 0.440. The number of nitrogens with zero attached hydrogens (tertiary/aromatic N) is 5. The Morgan fingerprint density at radius 3 is 2.56 bits per heavy atom. The van der Waals surface area contributed by atoms with Crippen molar-refractivity contribution in [2.45, 2.75) is 56.4 Å². The Morgan fingerprint density at radius 2 is 1.88 bits per heavy atom. The lowest BCUT2D eigenvalue weighted by molar-refractivity contribution is -0.133. The second-order valence-electron chi connectivity index (χ2n) is 9.72. The molecule has 220 valence electrons. The summed E-state index contributed by atoms with van der Waals surface area (Å²) < 4.78 is 86.9. The molecule has 41 heavy (non-hydrogen) atoms. The number of piperidine rings is 1. The van der Waals surface area contributed by atoms with Crippen LogP contribution in [0, 0.1) is 0 Å².